The van der Waals surface area contributed by atoms with Gasteiger partial charge in [-0.15, -0.1) is 10.2 Å². The van der Waals surface area contributed by atoms with Gasteiger partial charge in [-0.25, -0.2) is 8.78 Å². The molecule has 0 unspecified atom stereocenters. The van der Waals surface area contributed by atoms with Crippen molar-refractivity contribution >= 4 is 28.1 Å². The summed E-state index contributed by atoms with van der Waals surface area (Å²) in [6.45, 7) is 1.27. The maximum atomic E-state index is 13.8. The van der Waals surface area contributed by atoms with E-state index in [0.717, 1.165) is 35.4 Å². The van der Waals surface area contributed by atoms with E-state index in [0.29, 0.717) is 13.0 Å². The quantitative estimate of drug-likeness (QED) is 0.742. The molecule has 27 heavy (non-hydrogen) atoms. The molecule has 0 spiro atoms. The van der Waals surface area contributed by atoms with Crippen molar-refractivity contribution < 1.29 is 13.6 Å². The zero-order valence-electron chi connectivity index (χ0n) is 14.3. The smallest absolute Gasteiger partial charge is 0.229 e. The summed E-state index contributed by atoms with van der Waals surface area (Å²) in [5, 5.41) is 12.5. The van der Waals surface area contributed by atoms with Crippen LogP contribution in [0.15, 0.2) is 42.7 Å². The van der Waals surface area contributed by atoms with Crippen LogP contribution in [-0.4, -0.2) is 33.8 Å². The Morgan fingerprint density at radius 2 is 1.96 bits per heavy atom. The van der Waals surface area contributed by atoms with Gasteiger partial charge in [0.15, 0.2) is 0 Å². The van der Waals surface area contributed by atoms with Gasteiger partial charge in [-0.05, 0) is 37.1 Å². The molecule has 140 valence electrons. The molecule has 0 radical (unpaired) electrons. The highest BCUT2D eigenvalue weighted by Crippen LogP contribution is 2.28. The Kier molecular flexibility index (Phi) is 4.85. The lowest BCUT2D eigenvalue weighted by atomic mass is 9.97. The molecule has 0 bridgehead atoms. The predicted octanol–water partition coefficient (Wildman–Crippen LogP) is 3.46. The van der Waals surface area contributed by atoms with E-state index in [1.54, 1.807) is 0 Å². The summed E-state index contributed by atoms with van der Waals surface area (Å²) >= 11 is 1.45. The molecule has 3 heterocycles. The van der Waals surface area contributed by atoms with Crippen LogP contribution in [0, 0.1) is 17.6 Å². The Morgan fingerprint density at radius 3 is 2.74 bits per heavy atom. The van der Waals surface area contributed by atoms with E-state index >= 15 is 0 Å². The molecule has 9 heteroatoms. The second-order valence-corrected chi connectivity index (χ2v) is 7.29. The number of halogens is 2. The maximum absolute atomic E-state index is 13.8. The van der Waals surface area contributed by atoms with Crippen LogP contribution in [0.5, 0.6) is 0 Å². The van der Waals surface area contributed by atoms with Crippen LogP contribution in [0.4, 0.5) is 19.6 Å². The number of carbonyl (C=O) groups excluding carboxylic acids is 1. The molecule has 0 saturated carbocycles. The standard InChI is InChI=1S/C18H17F2N5OS/c19-13-5-6-15(14(20)10-13)21-16(26)12-4-3-9-25(11-12)18-23-22-17(27-18)24-7-1-2-8-24/h1-2,5-8,10,12H,3-4,9,11H2,(H,21,26)/t12-/m1/s1. The zero-order chi connectivity index (χ0) is 18.8. The second kappa shape index (κ2) is 7.43. The minimum Gasteiger partial charge on any atom is -0.346 e. The number of amides is 1. The molecule has 1 amide bonds. The van der Waals surface area contributed by atoms with Crippen molar-refractivity contribution in [2.45, 2.75) is 12.8 Å². The Balaban J connectivity index is 1.44. The summed E-state index contributed by atoms with van der Waals surface area (Å²) in [5.74, 6) is -2.04. The second-order valence-electron chi connectivity index (χ2n) is 6.36. The molecule has 4 rings (SSSR count). The van der Waals surface area contributed by atoms with Gasteiger partial charge in [-0.2, -0.15) is 0 Å². The summed E-state index contributed by atoms with van der Waals surface area (Å²) in [5.41, 5.74) is -0.00988. The lowest BCUT2D eigenvalue weighted by Gasteiger charge is -2.31. The van der Waals surface area contributed by atoms with E-state index in [9.17, 15) is 13.6 Å². The van der Waals surface area contributed by atoms with Crippen molar-refractivity contribution in [1.29, 1.82) is 0 Å². The molecule has 1 aliphatic heterocycles. The van der Waals surface area contributed by atoms with Gasteiger partial charge in [0.25, 0.3) is 0 Å². The first kappa shape index (κ1) is 17.6. The summed E-state index contributed by atoms with van der Waals surface area (Å²) in [4.78, 5) is 14.6. The number of aromatic nitrogens is 3. The van der Waals surface area contributed by atoms with Crippen molar-refractivity contribution in [2.75, 3.05) is 23.3 Å². The van der Waals surface area contributed by atoms with E-state index < -0.39 is 11.6 Å². The fourth-order valence-corrected chi connectivity index (χ4v) is 3.94. The van der Waals surface area contributed by atoms with Crippen LogP contribution in [0.1, 0.15) is 12.8 Å². The van der Waals surface area contributed by atoms with Gasteiger partial charge in [0.1, 0.15) is 11.6 Å². The highest BCUT2D eigenvalue weighted by molar-refractivity contribution is 7.17. The zero-order valence-corrected chi connectivity index (χ0v) is 15.1. The third kappa shape index (κ3) is 3.82. The van der Waals surface area contributed by atoms with Crippen molar-refractivity contribution in [3.8, 4) is 5.13 Å². The van der Waals surface area contributed by atoms with Crippen LogP contribution < -0.4 is 10.2 Å². The minimum absolute atomic E-state index is 0.00988. The maximum Gasteiger partial charge on any atom is 0.229 e. The van der Waals surface area contributed by atoms with Gasteiger partial charge in [0.05, 0.1) is 11.6 Å². The fraction of sp³-hybridized carbons (Fsp3) is 0.278. The topological polar surface area (TPSA) is 63.1 Å². The molecule has 2 aromatic heterocycles. The Morgan fingerprint density at radius 1 is 1.19 bits per heavy atom. The third-order valence-electron chi connectivity index (χ3n) is 4.48. The number of hydrogen-bond acceptors (Lipinski definition) is 5. The Hall–Kier alpha value is -2.81. The molecule has 6 nitrogen and oxygen atoms in total. The molecule has 1 saturated heterocycles. The number of nitrogens with one attached hydrogen (secondary N) is 1. The highest BCUT2D eigenvalue weighted by atomic mass is 32.1. The molecule has 3 aromatic rings. The largest absolute Gasteiger partial charge is 0.346 e. The van der Waals surface area contributed by atoms with Crippen molar-refractivity contribution in [3.05, 3.63) is 54.4 Å². The lowest BCUT2D eigenvalue weighted by Crippen LogP contribution is -2.40. The number of anilines is 2. The first-order valence-electron chi connectivity index (χ1n) is 8.58. The molecule has 1 aromatic carbocycles. The van der Waals surface area contributed by atoms with Crippen LogP contribution in [0.25, 0.3) is 5.13 Å². The van der Waals surface area contributed by atoms with E-state index in [1.807, 2.05) is 34.0 Å². The highest BCUT2D eigenvalue weighted by Gasteiger charge is 2.28. The molecule has 1 aliphatic rings. The van der Waals surface area contributed by atoms with Crippen molar-refractivity contribution in [3.63, 3.8) is 0 Å². The van der Waals surface area contributed by atoms with E-state index in [1.165, 1.54) is 17.4 Å². The van der Waals surface area contributed by atoms with Gasteiger partial charge in [0.2, 0.25) is 16.2 Å². The van der Waals surface area contributed by atoms with Gasteiger partial charge in [0, 0.05) is 31.5 Å². The van der Waals surface area contributed by atoms with Gasteiger partial charge in [-0.1, -0.05) is 11.3 Å². The Bertz CT molecular complexity index is 943. The summed E-state index contributed by atoms with van der Waals surface area (Å²) in [7, 11) is 0. The van der Waals surface area contributed by atoms with E-state index in [2.05, 4.69) is 15.5 Å². The molecular formula is C18H17F2N5OS. The number of rotatable bonds is 4. The van der Waals surface area contributed by atoms with E-state index in [4.69, 9.17) is 0 Å². The lowest BCUT2D eigenvalue weighted by molar-refractivity contribution is -0.120. The average molecular weight is 389 g/mol. The number of nitrogens with zero attached hydrogens (tertiary/aromatic N) is 4. The number of hydrogen-bond donors (Lipinski definition) is 1. The van der Waals surface area contributed by atoms with Crippen LogP contribution >= 0.6 is 11.3 Å². The molecular weight excluding hydrogens is 372 g/mol. The Labute approximate surface area is 158 Å². The van der Waals surface area contributed by atoms with Gasteiger partial charge < -0.3 is 10.2 Å². The average Bonchev–Trinajstić information content (AvgIpc) is 3.35. The molecule has 1 atom stereocenters. The van der Waals surface area contributed by atoms with Crippen molar-refractivity contribution in [2.24, 2.45) is 5.92 Å². The summed E-state index contributed by atoms with van der Waals surface area (Å²) in [6, 6.07) is 6.94. The summed E-state index contributed by atoms with van der Waals surface area (Å²) < 4.78 is 28.7. The first-order valence-corrected chi connectivity index (χ1v) is 9.39. The number of benzene rings is 1. The normalized spacial score (nSPS) is 17.1. The monoisotopic (exact) mass is 389 g/mol. The SMILES string of the molecule is O=C(Nc1ccc(F)cc1F)[C@@H]1CCCN(c2nnc(-n3cccc3)s2)C1. The number of piperidine rings is 1. The van der Waals surface area contributed by atoms with Crippen LogP contribution in [0.3, 0.4) is 0 Å². The fourth-order valence-electron chi connectivity index (χ4n) is 3.09. The van der Waals surface area contributed by atoms with Crippen molar-refractivity contribution in [1.82, 2.24) is 14.8 Å². The number of carbonyl (C=O) groups is 1. The van der Waals surface area contributed by atoms with Gasteiger partial charge >= 0.3 is 0 Å². The molecule has 1 fully saturated rings. The minimum atomic E-state index is -0.781. The van der Waals surface area contributed by atoms with Gasteiger partial charge in [-0.3, -0.25) is 9.36 Å². The predicted molar refractivity (Wildman–Crippen MR) is 99.2 cm³/mol. The summed E-state index contributed by atoms with van der Waals surface area (Å²) in [6.07, 6.45) is 5.32. The third-order valence-corrected chi connectivity index (χ3v) is 5.48. The molecule has 0 aliphatic carbocycles. The van der Waals surface area contributed by atoms with Crippen LogP contribution in [-0.2, 0) is 4.79 Å². The first-order chi connectivity index (χ1) is 13.1. The van der Waals surface area contributed by atoms with E-state index in [-0.39, 0.29) is 17.5 Å². The molecule has 1 N–H and O–H groups in total. The van der Waals surface area contributed by atoms with Crippen LogP contribution in [0.2, 0.25) is 0 Å².